The fourth-order valence-electron chi connectivity index (χ4n) is 2.90. The van der Waals surface area contributed by atoms with E-state index in [9.17, 15) is 0 Å². The SMILES string of the molecule is CC1CCCC(N(C)c2ccc(N)c(OC(C)C)n2)C1. The van der Waals surface area contributed by atoms with Crippen LogP contribution in [0.15, 0.2) is 12.1 Å². The van der Waals surface area contributed by atoms with Gasteiger partial charge in [0.2, 0.25) is 5.88 Å². The molecule has 1 aromatic heterocycles. The van der Waals surface area contributed by atoms with Gasteiger partial charge in [0.25, 0.3) is 0 Å². The van der Waals surface area contributed by atoms with Crippen molar-refractivity contribution >= 4 is 11.5 Å². The third kappa shape index (κ3) is 3.56. The highest BCUT2D eigenvalue weighted by molar-refractivity contribution is 5.54. The van der Waals surface area contributed by atoms with Crippen LogP contribution >= 0.6 is 0 Å². The van der Waals surface area contributed by atoms with Crippen molar-refractivity contribution in [3.05, 3.63) is 12.1 Å². The van der Waals surface area contributed by atoms with Crippen LogP contribution in [0.3, 0.4) is 0 Å². The molecule has 0 amide bonds. The van der Waals surface area contributed by atoms with Crippen LogP contribution in [0, 0.1) is 5.92 Å². The highest BCUT2D eigenvalue weighted by Crippen LogP contribution is 2.30. The van der Waals surface area contributed by atoms with Crippen LogP contribution in [0.5, 0.6) is 5.88 Å². The van der Waals surface area contributed by atoms with E-state index in [4.69, 9.17) is 10.5 Å². The Morgan fingerprint density at radius 2 is 2.10 bits per heavy atom. The number of nitrogens with zero attached hydrogens (tertiary/aromatic N) is 2. The van der Waals surface area contributed by atoms with E-state index in [1.807, 2.05) is 26.0 Å². The molecule has 0 aliphatic heterocycles. The van der Waals surface area contributed by atoms with E-state index in [1.54, 1.807) is 0 Å². The van der Waals surface area contributed by atoms with Gasteiger partial charge in [-0.3, -0.25) is 0 Å². The molecule has 2 N–H and O–H groups in total. The van der Waals surface area contributed by atoms with E-state index < -0.39 is 0 Å². The van der Waals surface area contributed by atoms with E-state index in [-0.39, 0.29) is 6.10 Å². The third-order valence-electron chi connectivity index (χ3n) is 4.04. The molecule has 1 aromatic rings. The zero-order valence-electron chi connectivity index (χ0n) is 13.1. The van der Waals surface area contributed by atoms with Crippen molar-refractivity contribution in [3.63, 3.8) is 0 Å². The molecular weight excluding hydrogens is 250 g/mol. The summed E-state index contributed by atoms with van der Waals surface area (Å²) in [4.78, 5) is 6.87. The molecule has 1 heterocycles. The van der Waals surface area contributed by atoms with Gasteiger partial charge in [-0.2, -0.15) is 4.98 Å². The summed E-state index contributed by atoms with van der Waals surface area (Å²) in [6, 6.07) is 4.45. The number of nitrogen functional groups attached to an aromatic ring is 1. The normalized spacial score (nSPS) is 22.9. The molecule has 112 valence electrons. The maximum Gasteiger partial charge on any atom is 0.239 e. The van der Waals surface area contributed by atoms with Crippen molar-refractivity contribution in [3.8, 4) is 5.88 Å². The Hall–Kier alpha value is -1.45. The minimum absolute atomic E-state index is 0.0834. The molecule has 0 aromatic carbocycles. The van der Waals surface area contributed by atoms with E-state index in [0.717, 1.165) is 11.7 Å². The summed E-state index contributed by atoms with van der Waals surface area (Å²) in [6.07, 6.45) is 5.22. The largest absolute Gasteiger partial charge is 0.473 e. The Morgan fingerprint density at radius 1 is 1.35 bits per heavy atom. The molecule has 2 unspecified atom stereocenters. The Balaban J connectivity index is 2.14. The van der Waals surface area contributed by atoms with Crippen LogP contribution in [0.4, 0.5) is 11.5 Å². The van der Waals surface area contributed by atoms with Crippen molar-refractivity contribution in [1.82, 2.24) is 4.98 Å². The lowest BCUT2D eigenvalue weighted by molar-refractivity contribution is 0.234. The van der Waals surface area contributed by atoms with Gasteiger partial charge < -0.3 is 15.4 Å². The number of ether oxygens (including phenoxy) is 1. The molecule has 4 heteroatoms. The average molecular weight is 277 g/mol. The molecule has 0 spiro atoms. The summed E-state index contributed by atoms with van der Waals surface area (Å²) >= 11 is 0. The van der Waals surface area contributed by atoms with Crippen LogP contribution in [-0.2, 0) is 0 Å². The maximum absolute atomic E-state index is 5.93. The van der Waals surface area contributed by atoms with Gasteiger partial charge in [-0.05, 0) is 44.7 Å². The van der Waals surface area contributed by atoms with Crippen LogP contribution in [-0.4, -0.2) is 24.2 Å². The van der Waals surface area contributed by atoms with Crippen LogP contribution in [0.25, 0.3) is 0 Å². The minimum Gasteiger partial charge on any atom is -0.473 e. The quantitative estimate of drug-likeness (QED) is 0.915. The standard InChI is InChI=1S/C16H27N3O/c1-11(2)20-16-14(17)8-9-15(18-16)19(4)13-7-5-6-12(3)10-13/h8-9,11-13H,5-7,10,17H2,1-4H3. The fourth-order valence-corrected chi connectivity index (χ4v) is 2.90. The van der Waals surface area contributed by atoms with Gasteiger partial charge in [-0.15, -0.1) is 0 Å². The summed E-state index contributed by atoms with van der Waals surface area (Å²) in [5, 5.41) is 0. The van der Waals surface area contributed by atoms with E-state index in [1.165, 1.54) is 25.7 Å². The highest BCUT2D eigenvalue weighted by Gasteiger charge is 2.23. The predicted octanol–water partition coefficient (Wildman–Crippen LogP) is 3.47. The lowest BCUT2D eigenvalue weighted by Gasteiger charge is -2.35. The average Bonchev–Trinajstić information content (AvgIpc) is 2.40. The number of hydrogen-bond acceptors (Lipinski definition) is 4. The first-order chi connectivity index (χ1) is 9.47. The summed E-state index contributed by atoms with van der Waals surface area (Å²) in [5.41, 5.74) is 6.54. The van der Waals surface area contributed by atoms with Crippen molar-refractivity contribution in [2.45, 2.75) is 58.6 Å². The summed E-state index contributed by atoms with van der Waals surface area (Å²) < 4.78 is 5.68. The molecule has 1 aliphatic rings. The summed E-state index contributed by atoms with van der Waals surface area (Å²) in [7, 11) is 2.13. The van der Waals surface area contributed by atoms with E-state index in [2.05, 4.69) is 23.9 Å². The smallest absolute Gasteiger partial charge is 0.239 e. The number of hydrogen-bond donors (Lipinski definition) is 1. The number of pyridine rings is 1. The van der Waals surface area contributed by atoms with Crippen molar-refractivity contribution < 1.29 is 4.74 Å². The first-order valence-corrected chi connectivity index (χ1v) is 7.63. The molecule has 2 atom stereocenters. The third-order valence-corrected chi connectivity index (χ3v) is 4.04. The zero-order valence-corrected chi connectivity index (χ0v) is 13.1. The number of rotatable bonds is 4. The molecule has 0 bridgehead atoms. The number of aromatic nitrogens is 1. The summed E-state index contributed by atoms with van der Waals surface area (Å²) in [5.74, 6) is 2.30. The monoisotopic (exact) mass is 277 g/mol. The molecule has 20 heavy (non-hydrogen) atoms. The van der Waals surface area contributed by atoms with Crippen LogP contribution < -0.4 is 15.4 Å². The molecule has 2 rings (SSSR count). The Labute approximate surface area is 122 Å². The molecule has 0 radical (unpaired) electrons. The van der Waals surface area contributed by atoms with Gasteiger partial charge in [-0.25, -0.2) is 0 Å². The molecule has 4 nitrogen and oxygen atoms in total. The number of nitrogens with two attached hydrogens (primary N) is 1. The van der Waals surface area contributed by atoms with Gasteiger partial charge in [-0.1, -0.05) is 19.8 Å². The second kappa shape index (κ2) is 6.33. The second-order valence-electron chi connectivity index (χ2n) is 6.27. The minimum atomic E-state index is 0.0834. The Morgan fingerprint density at radius 3 is 2.75 bits per heavy atom. The first-order valence-electron chi connectivity index (χ1n) is 7.63. The van der Waals surface area contributed by atoms with Gasteiger partial charge >= 0.3 is 0 Å². The van der Waals surface area contributed by atoms with Crippen molar-refractivity contribution in [2.24, 2.45) is 5.92 Å². The maximum atomic E-state index is 5.93. The molecule has 0 saturated heterocycles. The van der Waals surface area contributed by atoms with Crippen LogP contribution in [0.2, 0.25) is 0 Å². The molecular formula is C16H27N3O. The lowest BCUT2D eigenvalue weighted by atomic mass is 9.86. The van der Waals surface area contributed by atoms with E-state index in [0.29, 0.717) is 17.6 Å². The topological polar surface area (TPSA) is 51.4 Å². The van der Waals surface area contributed by atoms with E-state index >= 15 is 0 Å². The zero-order chi connectivity index (χ0) is 14.7. The van der Waals surface area contributed by atoms with Gasteiger partial charge in [0.15, 0.2) is 0 Å². The summed E-state index contributed by atoms with van der Waals surface area (Å²) in [6.45, 7) is 6.31. The lowest BCUT2D eigenvalue weighted by Crippen LogP contribution is -2.36. The Bertz CT molecular complexity index is 447. The Kier molecular flexibility index (Phi) is 4.73. The van der Waals surface area contributed by atoms with Gasteiger partial charge in [0.05, 0.1) is 11.8 Å². The predicted molar refractivity (Wildman–Crippen MR) is 84.2 cm³/mol. The first kappa shape index (κ1) is 14.9. The van der Waals surface area contributed by atoms with Gasteiger partial charge in [0, 0.05) is 13.1 Å². The van der Waals surface area contributed by atoms with Crippen LogP contribution in [0.1, 0.15) is 46.5 Å². The second-order valence-corrected chi connectivity index (χ2v) is 6.27. The number of anilines is 2. The van der Waals surface area contributed by atoms with Gasteiger partial charge in [0.1, 0.15) is 5.82 Å². The highest BCUT2D eigenvalue weighted by atomic mass is 16.5. The fraction of sp³-hybridized carbons (Fsp3) is 0.688. The van der Waals surface area contributed by atoms with Crippen molar-refractivity contribution in [2.75, 3.05) is 17.7 Å². The molecule has 1 aliphatic carbocycles. The molecule has 1 fully saturated rings. The molecule has 1 saturated carbocycles. The van der Waals surface area contributed by atoms with Crippen molar-refractivity contribution in [1.29, 1.82) is 0 Å².